The van der Waals surface area contributed by atoms with Crippen LogP contribution in [0.4, 0.5) is 0 Å². The average molecular weight is 285 g/mol. The van der Waals surface area contributed by atoms with Crippen molar-refractivity contribution in [3.8, 4) is 0 Å². The van der Waals surface area contributed by atoms with Gasteiger partial charge < -0.3 is 4.42 Å². The number of hydrogen-bond donors (Lipinski definition) is 0. The number of para-hydroxylation sites is 1. The minimum absolute atomic E-state index is 0.141. The molecule has 112 valence electrons. The number of aryl methyl sites for hydroxylation is 1. The molecule has 0 bridgehead atoms. The topological polar surface area (TPSA) is 33.5 Å². The molecule has 3 heteroatoms. The van der Waals surface area contributed by atoms with Crippen molar-refractivity contribution in [3.63, 3.8) is 0 Å². The van der Waals surface area contributed by atoms with E-state index in [0.717, 1.165) is 42.2 Å². The Morgan fingerprint density at radius 3 is 2.52 bits per heavy atom. The maximum atomic E-state index is 13.1. The van der Waals surface area contributed by atoms with Gasteiger partial charge in [0.05, 0.1) is 5.54 Å². The van der Waals surface area contributed by atoms with E-state index in [-0.39, 0.29) is 11.3 Å². The summed E-state index contributed by atoms with van der Waals surface area (Å²) in [7, 11) is 4.02. The molecule has 1 aliphatic carbocycles. The van der Waals surface area contributed by atoms with Crippen molar-refractivity contribution < 1.29 is 9.21 Å². The predicted octanol–water partition coefficient (Wildman–Crippen LogP) is 4.19. The summed E-state index contributed by atoms with van der Waals surface area (Å²) in [4.78, 5) is 15.2. The van der Waals surface area contributed by atoms with Crippen LogP contribution in [0.25, 0.3) is 11.0 Å². The first-order chi connectivity index (χ1) is 10.0. The van der Waals surface area contributed by atoms with Gasteiger partial charge in [-0.15, -0.1) is 0 Å². The molecule has 0 saturated heterocycles. The number of fused-ring (bicyclic) bond motifs is 1. The maximum absolute atomic E-state index is 13.1. The fourth-order valence-electron chi connectivity index (χ4n) is 3.56. The molecule has 0 atom stereocenters. The summed E-state index contributed by atoms with van der Waals surface area (Å²) >= 11 is 0. The van der Waals surface area contributed by atoms with Crippen molar-refractivity contribution in [1.82, 2.24) is 4.90 Å². The Morgan fingerprint density at radius 2 is 1.90 bits per heavy atom. The molecule has 0 aliphatic heterocycles. The van der Waals surface area contributed by atoms with E-state index in [4.69, 9.17) is 4.42 Å². The Kier molecular flexibility index (Phi) is 3.62. The van der Waals surface area contributed by atoms with E-state index in [2.05, 4.69) is 4.90 Å². The molecule has 1 fully saturated rings. The van der Waals surface area contributed by atoms with Gasteiger partial charge in [-0.1, -0.05) is 37.5 Å². The molecule has 1 aromatic heterocycles. The van der Waals surface area contributed by atoms with E-state index in [1.165, 1.54) is 6.42 Å². The summed E-state index contributed by atoms with van der Waals surface area (Å²) in [5.41, 5.74) is 1.53. The van der Waals surface area contributed by atoms with Crippen molar-refractivity contribution in [2.24, 2.45) is 0 Å². The highest BCUT2D eigenvalue weighted by molar-refractivity contribution is 6.04. The lowest BCUT2D eigenvalue weighted by atomic mass is 9.77. The van der Waals surface area contributed by atoms with Crippen molar-refractivity contribution in [2.75, 3.05) is 14.1 Å². The number of carbonyl (C=O) groups is 1. The number of nitrogens with zero attached hydrogens (tertiary/aromatic N) is 1. The van der Waals surface area contributed by atoms with Gasteiger partial charge in [0.2, 0.25) is 5.78 Å². The minimum atomic E-state index is -0.389. The molecule has 1 aromatic carbocycles. The molecule has 1 aliphatic rings. The van der Waals surface area contributed by atoms with Gasteiger partial charge in [-0.25, -0.2) is 0 Å². The van der Waals surface area contributed by atoms with E-state index in [1.54, 1.807) is 0 Å². The van der Waals surface area contributed by atoms with E-state index in [0.29, 0.717) is 5.76 Å². The number of carbonyl (C=O) groups excluding carboxylic acids is 1. The van der Waals surface area contributed by atoms with Crippen LogP contribution in [0.3, 0.4) is 0 Å². The molecule has 21 heavy (non-hydrogen) atoms. The Hall–Kier alpha value is -1.61. The second-order valence-corrected chi connectivity index (χ2v) is 6.42. The highest BCUT2D eigenvalue weighted by Crippen LogP contribution is 2.36. The second-order valence-electron chi connectivity index (χ2n) is 6.42. The molecule has 1 heterocycles. The monoisotopic (exact) mass is 285 g/mol. The molecule has 0 N–H and O–H groups in total. The fourth-order valence-corrected chi connectivity index (χ4v) is 3.56. The number of furan rings is 1. The molecule has 0 spiro atoms. The second kappa shape index (κ2) is 5.30. The SMILES string of the molecule is Cc1cccc2cc(C(=O)C3(N(C)C)CCCCC3)oc12. The minimum Gasteiger partial charge on any atom is -0.453 e. The highest BCUT2D eigenvalue weighted by Gasteiger charge is 2.43. The van der Waals surface area contributed by atoms with Crippen LogP contribution in [0.15, 0.2) is 28.7 Å². The van der Waals surface area contributed by atoms with Crippen LogP contribution in [-0.2, 0) is 0 Å². The summed E-state index contributed by atoms with van der Waals surface area (Å²) in [5.74, 6) is 0.651. The van der Waals surface area contributed by atoms with Crippen molar-refractivity contribution in [2.45, 2.75) is 44.6 Å². The number of rotatable bonds is 3. The molecule has 0 unspecified atom stereocenters. The lowest BCUT2D eigenvalue weighted by molar-refractivity contribution is 0.0536. The van der Waals surface area contributed by atoms with Crippen molar-refractivity contribution in [3.05, 3.63) is 35.6 Å². The lowest BCUT2D eigenvalue weighted by Crippen LogP contribution is -2.52. The summed E-state index contributed by atoms with van der Waals surface area (Å²) in [6, 6.07) is 7.93. The smallest absolute Gasteiger partial charge is 0.218 e. The summed E-state index contributed by atoms with van der Waals surface area (Å²) < 4.78 is 5.91. The number of likely N-dealkylation sites (N-methyl/N-ethyl adjacent to an activating group) is 1. The highest BCUT2D eigenvalue weighted by atomic mass is 16.3. The van der Waals surface area contributed by atoms with Crippen LogP contribution >= 0.6 is 0 Å². The van der Waals surface area contributed by atoms with E-state index in [9.17, 15) is 4.79 Å². The molecule has 0 amide bonds. The first-order valence-electron chi connectivity index (χ1n) is 7.76. The van der Waals surface area contributed by atoms with Gasteiger partial charge in [-0.2, -0.15) is 0 Å². The van der Waals surface area contributed by atoms with Gasteiger partial charge in [0, 0.05) is 5.39 Å². The Bertz CT molecular complexity index is 663. The first-order valence-corrected chi connectivity index (χ1v) is 7.76. The van der Waals surface area contributed by atoms with Crippen LogP contribution < -0.4 is 0 Å². The maximum Gasteiger partial charge on any atom is 0.218 e. The molecule has 3 rings (SSSR count). The quantitative estimate of drug-likeness (QED) is 0.793. The first kappa shape index (κ1) is 14.3. The Labute approximate surface area is 125 Å². The Balaban J connectivity index is 2.04. The molecule has 2 aromatic rings. The van der Waals surface area contributed by atoms with Gasteiger partial charge in [-0.3, -0.25) is 9.69 Å². The summed E-state index contributed by atoms with van der Waals surface area (Å²) in [6.45, 7) is 2.02. The van der Waals surface area contributed by atoms with Gasteiger partial charge in [-0.05, 0) is 45.5 Å². The average Bonchev–Trinajstić information content (AvgIpc) is 2.92. The number of Topliss-reactive ketones (excluding diaryl/α,β-unsaturated/α-hetero) is 1. The fraction of sp³-hybridized carbons (Fsp3) is 0.500. The van der Waals surface area contributed by atoms with Crippen LogP contribution in [-0.4, -0.2) is 30.3 Å². The largest absolute Gasteiger partial charge is 0.453 e. The molecule has 3 nitrogen and oxygen atoms in total. The normalized spacial score (nSPS) is 18.3. The van der Waals surface area contributed by atoms with Gasteiger partial charge in [0.15, 0.2) is 5.76 Å². The van der Waals surface area contributed by atoms with E-state index < -0.39 is 0 Å². The third-order valence-electron chi connectivity index (χ3n) is 4.92. The zero-order valence-corrected chi connectivity index (χ0v) is 13.1. The van der Waals surface area contributed by atoms with Gasteiger partial charge >= 0.3 is 0 Å². The third-order valence-corrected chi connectivity index (χ3v) is 4.92. The van der Waals surface area contributed by atoms with Gasteiger partial charge in [0.25, 0.3) is 0 Å². The number of ketones is 1. The van der Waals surface area contributed by atoms with Crippen molar-refractivity contribution >= 4 is 16.8 Å². The summed E-state index contributed by atoms with van der Waals surface area (Å²) in [5, 5.41) is 1.02. The van der Waals surface area contributed by atoms with Crippen LogP contribution in [0, 0.1) is 6.92 Å². The summed E-state index contributed by atoms with van der Waals surface area (Å²) in [6.07, 6.45) is 5.30. The van der Waals surface area contributed by atoms with E-state index in [1.807, 2.05) is 45.3 Å². The van der Waals surface area contributed by atoms with Crippen LogP contribution in [0.2, 0.25) is 0 Å². The number of hydrogen-bond acceptors (Lipinski definition) is 3. The zero-order chi connectivity index (χ0) is 15.0. The molecular formula is C18H23NO2. The van der Waals surface area contributed by atoms with Crippen LogP contribution in [0.1, 0.15) is 48.2 Å². The van der Waals surface area contributed by atoms with E-state index >= 15 is 0 Å². The predicted molar refractivity (Wildman–Crippen MR) is 84.8 cm³/mol. The third kappa shape index (κ3) is 2.30. The number of benzene rings is 1. The molecular weight excluding hydrogens is 262 g/mol. The van der Waals surface area contributed by atoms with Crippen LogP contribution in [0.5, 0.6) is 0 Å². The standard InChI is InChI=1S/C18H23NO2/c1-13-8-7-9-14-12-15(21-16(13)14)17(20)18(19(2)3)10-5-4-6-11-18/h7-9,12H,4-6,10-11H2,1-3H3. The molecule has 0 radical (unpaired) electrons. The Morgan fingerprint density at radius 1 is 1.19 bits per heavy atom. The molecule has 1 saturated carbocycles. The lowest BCUT2D eigenvalue weighted by Gasteiger charge is -2.40. The zero-order valence-electron chi connectivity index (χ0n) is 13.1. The van der Waals surface area contributed by atoms with Crippen molar-refractivity contribution in [1.29, 1.82) is 0 Å². The van der Waals surface area contributed by atoms with Gasteiger partial charge in [0.1, 0.15) is 5.58 Å².